The molecule has 0 aliphatic carbocycles. The van der Waals surface area contributed by atoms with Gasteiger partial charge in [-0.15, -0.1) is 0 Å². The number of fused-ring (bicyclic) bond motifs is 1. The Kier molecular flexibility index (Phi) is 3.35. The molecule has 0 saturated heterocycles. The van der Waals surface area contributed by atoms with Crippen LogP contribution in [0.4, 0.5) is 15.8 Å². The van der Waals surface area contributed by atoms with Crippen molar-refractivity contribution in [1.29, 1.82) is 0 Å². The molecule has 0 saturated carbocycles. The molecule has 0 atom stereocenters. The number of amides is 1. The van der Waals surface area contributed by atoms with Crippen molar-refractivity contribution in [2.45, 2.75) is 6.42 Å². The number of nitrogens with two attached hydrogens (primary N) is 1. The SMILES string of the molecule is Nc1cc2c(cc1NC(=O)Cc1ccc(F)cc1)OCO2. The molecule has 3 rings (SSSR count). The number of hydrogen-bond acceptors (Lipinski definition) is 4. The fraction of sp³-hybridized carbons (Fsp3) is 0.133. The number of anilines is 2. The van der Waals surface area contributed by atoms with E-state index in [1.54, 1.807) is 24.3 Å². The summed E-state index contributed by atoms with van der Waals surface area (Å²) in [5.74, 6) is 0.525. The third-order valence-corrected chi connectivity index (χ3v) is 3.10. The number of hydrogen-bond donors (Lipinski definition) is 2. The Labute approximate surface area is 120 Å². The van der Waals surface area contributed by atoms with E-state index >= 15 is 0 Å². The van der Waals surface area contributed by atoms with Gasteiger partial charge < -0.3 is 20.5 Å². The quantitative estimate of drug-likeness (QED) is 0.850. The molecule has 0 spiro atoms. The average molecular weight is 288 g/mol. The van der Waals surface area contributed by atoms with Crippen molar-refractivity contribution in [2.24, 2.45) is 0 Å². The third kappa shape index (κ3) is 2.89. The minimum atomic E-state index is -0.334. The fourth-order valence-corrected chi connectivity index (χ4v) is 2.05. The van der Waals surface area contributed by atoms with Gasteiger partial charge in [0, 0.05) is 12.1 Å². The molecular formula is C15H13FN2O3. The van der Waals surface area contributed by atoms with Crippen molar-refractivity contribution >= 4 is 17.3 Å². The van der Waals surface area contributed by atoms with Gasteiger partial charge in [0.05, 0.1) is 17.8 Å². The van der Waals surface area contributed by atoms with Crippen LogP contribution in [0.3, 0.4) is 0 Å². The maximum Gasteiger partial charge on any atom is 0.231 e. The second kappa shape index (κ2) is 5.32. The van der Waals surface area contributed by atoms with Crippen LogP contribution in [-0.4, -0.2) is 12.7 Å². The molecule has 2 aromatic carbocycles. The first-order chi connectivity index (χ1) is 10.1. The van der Waals surface area contributed by atoms with E-state index in [2.05, 4.69) is 5.32 Å². The lowest BCUT2D eigenvalue weighted by molar-refractivity contribution is -0.115. The van der Waals surface area contributed by atoms with E-state index in [9.17, 15) is 9.18 Å². The van der Waals surface area contributed by atoms with Gasteiger partial charge in [0.25, 0.3) is 0 Å². The van der Waals surface area contributed by atoms with E-state index in [1.165, 1.54) is 12.1 Å². The molecule has 0 unspecified atom stereocenters. The molecule has 6 heteroatoms. The first-order valence-electron chi connectivity index (χ1n) is 6.35. The summed E-state index contributed by atoms with van der Waals surface area (Å²) in [6.45, 7) is 0.141. The van der Waals surface area contributed by atoms with E-state index in [1.807, 2.05) is 0 Å². The Morgan fingerprint density at radius 2 is 1.86 bits per heavy atom. The molecule has 0 radical (unpaired) electrons. The van der Waals surface area contributed by atoms with Crippen molar-refractivity contribution < 1.29 is 18.7 Å². The summed E-state index contributed by atoms with van der Waals surface area (Å²) < 4.78 is 23.2. The Hall–Kier alpha value is -2.76. The molecule has 1 aliphatic heterocycles. The number of nitrogen functional groups attached to an aromatic ring is 1. The van der Waals surface area contributed by atoms with E-state index in [-0.39, 0.29) is 24.9 Å². The Bertz CT molecular complexity index is 686. The lowest BCUT2D eigenvalue weighted by Crippen LogP contribution is -2.15. The van der Waals surface area contributed by atoms with Crippen LogP contribution in [0.5, 0.6) is 11.5 Å². The van der Waals surface area contributed by atoms with E-state index in [4.69, 9.17) is 15.2 Å². The summed E-state index contributed by atoms with van der Waals surface area (Å²) in [5.41, 5.74) is 7.43. The van der Waals surface area contributed by atoms with Crippen LogP contribution in [0, 0.1) is 5.82 Å². The van der Waals surface area contributed by atoms with Crippen LogP contribution < -0.4 is 20.5 Å². The highest BCUT2D eigenvalue weighted by molar-refractivity contribution is 5.95. The molecule has 5 nitrogen and oxygen atoms in total. The van der Waals surface area contributed by atoms with Crippen molar-refractivity contribution in [3.63, 3.8) is 0 Å². The van der Waals surface area contributed by atoms with Gasteiger partial charge >= 0.3 is 0 Å². The van der Waals surface area contributed by atoms with Gasteiger partial charge in [0.15, 0.2) is 11.5 Å². The average Bonchev–Trinajstić information content (AvgIpc) is 2.89. The minimum Gasteiger partial charge on any atom is -0.454 e. The monoisotopic (exact) mass is 288 g/mol. The lowest BCUT2D eigenvalue weighted by Gasteiger charge is -2.09. The number of rotatable bonds is 3. The zero-order valence-corrected chi connectivity index (χ0v) is 11.1. The summed E-state index contributed by atoms with van der Waals surface area (Å²) in [7, 11) is 0. The van der Waals surface area contributed by atoms with E-state index in [0.717, 1.165) is 0 Å². The maximum atomic E-state index is 12.8. The Balaban J connectivity index is 1.71. The summed E-state index contributed by atoms with van der Waals surface area (Å²) in [4.78, 5) is 12.0. The van der Waals surface area contributed by atoms with Crippen LogP contribution >= 0.6 is 0 Å². The predicted octanol–water partition coefficient (Wildman–Crippen LogP) is 2.32. The molecule has 0 aromatic heterocycles. The fourth-order valence-electron chi connectivity index (χ4n) is 2.05. The number of benzene rings is 2. The Morgan fingerprint density at radius 3 is 2.57 bits per heavy atom. The molecule has 1 amide bonds. The van der Waals surface area contributed by atoms with Gasteiger partial charge in [-0.05, 0) is 17.7 Å². The second-order valence-electron chi connectivity index (χ2n) is 4.64. The maximum absolute atomic E-state index is 12.8. The van der Waals surface area contributed by atoms with Crippen LogP contribution in [0.25, 0.3) is 0 Å². The van der Waals surface area contributed by atoms with E-state index < -0.39 is 0 Å². The van der Waals surface area contributed by atoms with Crippen LogP contribution in [-0.2, 0) is 11.2 Å². The normalized spacial score (nSPS) is 12.2. The summed E-state index contributed by atoms with van der Waals surface area (Å²) >= 11 is 0. The van der Waals surface area contributed by atoms with Gasteiger partial charge in [-0.2, -0.15) is 0 Å². The standard InChI is InChI=1S/C15H13FN2O3/c16-10-3-1-9(2-4-10)5-15(19)18-12-7-14-13(6-11(12)17)20-8-21-14/h1-4,6-7H,5,8,17H2,(H,18,19). The molecule has 0 fully saturated rings. The topological polar surface area (TPSA) is 73.6 Å². The highest BCUT2D eigenvalue weighted by atomic mass is 19.1. The molecule has 0 bridgehead atoms. The van der Waals surface area contributed by atoms with Crippen molar-refractivity contribution in [3.05, 3.63) is 47.8 Å². The molecule has 21 heavy (non-hydrogen) atoms. The van der Waals surface area contributed by atoms with Crippen LogP contribution in [0.1, 0.15) is 5.56 Å². The smallest absolute Gasteiger partial charge is 0.231 e. The highest BCUT2D eigenvalue weighted by Gasteiger charge is 2.17. The van der Waals surface area contributed by atoms with Crippen molar-refractivity contribution in [3.8, 4) is 11.5 Å². The number of ether oxygens (including phenoxy) is 2. The van der Waals surface area contributed by atoms with Crippen LogP contribution in [0.15, 0.2) is 36.4 Å². The van der Waals surface area contributed by atoms with Gasteiger partial charge in [0.2, 0.25) is 12.7 Å². The van der Waals surface area contributed by atoms with Gasteiger partial charge in [0.1, 0.15) is 5.82 Å². The lowest BCUT2D eigenvalue weighted by atomic mass is 10.1. The summed E-state index contributed by atoms with van der Waals surface area (Å²) in [6, 6.07) is 9.00. The van der Waals surface area contributed by atoms with Crippen molar-refractivity contribution in [1.82, 2.24) is 0 Å². The first kappa shape index (κ1) is 13.2. The second-order valence-corrected chi connectivity index (χ2v) is 4.64. The molecule has 3 N–H and O–H groups in total. The van der Waals surface area contributed by atoms with Gasteiger partial charge in [-0.25, -0.2) is 4.39 Å². The minimum absolute atomic E-state index is 0.133. The van der Waals surface area contributed by atoms with Crippen molar-refractivity contribution in [2.75, 3.05) is 17.8 Å². The van der Waals surface area contributed by atoms with Gasteiger partial charge in [-0.1, -0.05) is 12.1 Å². The van der Waals surface area contributed by atoms with E-state index in [0.29, 0.717) is 28.4 Å². The number of carbonyl (C=O) groups excluding carboxylic acids is 1. The first-order valence-corrected chi connectivity index (χ1v) is 6.35. The Morgan fingerprint density at radius 1 is 1.19 bits per heavy atom. The zero-order valence-electron chi connectivity index (χ0n) is 11.1. The zero-order chi connectivity index (χ0) is 14.8. The molecular weight excluding hydrogens is 275 g/mol. The number of carbonyl (C=O) groups is 1. The highest BCUT2D eigenvalue weighted by Crippen LogP contribution is 2.38. The third-order valence-electron chi connectivity index (χ3n) is 3.10. The summed E-state index contributed by atoms with van der Waals surface area (Å²) in [5, 5.41) is 2.71. The molecule has 1 heterocycles. The van der Waals surface area contributed by atoms with Crippen LogP contribution in [0.2, 0.25) is 0 Å². The summed E-state index contributed by atoms with van der Waals surface area (Å²) in [6.07, 6.45) is 0.133. The number of nitrogens with one attached hydrogen (secondary N) is 1. The molecule has 1 aliphatic rings. The van der Waals surface area contributed by atoms with Gasteiger partial charge in [-0.3, -0.25) is 4.79 Å². The number of halogens is 1. The predicted molar refractivity (Wildman–Crippen MR) is 75.7 cm³/mol. The molecule has 108 valence electrons. The molecule has 2 aromatic rings. The largest absolute Gasteiger partial charge is 0.454 e.